The Morgan fingerprint density at radius 2 is 1.63 bits per heavy atom. The molecule has 3 nitrogen and oxygen atoms in total. The van der Waals surface area contributed by atoms with Crippen molar-refractivity contribution in [2.75, 3.05) is 31.6 Å². The highest BCUT2D eigenvalue weighted by Crippen LogP contribution is 2.76. The van der Waals surface area contributed by atoms with Crippen LogP contribution in [0, 0.1) is 28.6 Å². The monoisotopic (exact) mass is 681 g/mol. The van der Waals surface area contributed by atoms with Crippen molar-refractivity contribution in [2.24, 2.45) is 28.6 Å². The lowest BCUT2D eigenvalue weighted by Gasteiger charge is -2.54. The van der Waals surface area contributed by atoms with Gasteiger partial charge in [0.15, 0.2) is 0 Å². The number of thioether (sulfide) groups is 1. The molecule has 3 fully saturated rings. The number of hydrogen-bond donors (Lipinski definition) is 2. The Balaban J connectivity index is 1.02. The first-order valence-corrected chi connectivity index (χ1v) is 18.3. The van der Waals surface area contributed by atoms with Gasteiger partial charge in [-0.05, 0) is 148 Å². The summed E-state index contributed by atoms with van der Waals surface area (Å²) in [7, 11) is 2.03. The summed E-state index contributed by atoms with van der Waals surface area (Å²) in [5, 5.41) is 21.4. The molecule has 1 aromatic carbocycles. The Morgan fingerprint density at radius 3 is 2.33 bits per heavy atom. The zero-order valence-electron chi connectivity index (χ0n) is 27.0. The molecule has 4 unspecified atom stereocenters. The van der Waals surface area contributed by atoms with Crippen LogP contribution in [0.25, 0.3) is 0 Å². The molecule has 2 N–H and O–H groups in total. The fourth-order valence-electron chi connectivity index (χ4n) is 9.70. The second kappa shape index (κ2) is 13.6. The minimum atomic E-state index is -6.26. The van der Waals surface area contributed by atoms with Gasteiger partial charge in [0.25, 0.3) is 0 Å². The molecule has 4 aliphatic carbocycles. The number of aliphatic hydroxyl groups is 1. The quantitative estimate of drug-likeness (QED) is 0.143. The van der Waals surface area contributed by atoms with E-state index in [1.54, 1.807) is 0 Å². The number of halogens is 7. The number of phenolic OH excluding ortho intramolecular Hbond substituents is 1. The first kappa shape index (κ1) is 36.1. The molecule has 0 radical (unpaired) electrons. The Bertz CT molecular complexity index is 1190. The molecule has 1 aromatic rings. The number of aromatic hydroxyl groups is 1. The average Bonchev–Trinajstić information content (AvgIpc) is 3.76. The first-order chi connectivity index (χ1) is 21.5. The maximum atomic E-state index is 13.4. The van der Waals surface area contributed by atoms with Crippen LogP contribution in [-0.2, 0) is 6.42 Å². The van der Waals surface area contributed by atoms with E-state index >= 15 is 0 Å². The second-order valence-corrected chi connectivity index (χ2v) is 16.2. The van der Waals surface area contributed by atoms with Crippen LogP contribution in [0.4, 0.5) is 30.7 Å². The molecule has 1 spiro atoms. The topological polar surface area (TPSA) is 43.7 Å². The lowest BCUT2D eigenvalue weighted by molar-refractivity contribution is -0.355. The molecular formula is C35H50F7NO2S. The zero-order chi connectivity index (χ0) is 33.5. The van der Waals surface area contributed by atoms with Crippen LogP contribution in [0.2, 0.25) is 0 Å². The average molecular weight is 682 g/mol. The summed E-state index contributed by atoms with van der Waals surface area (Å²) in [6, 6.07) is 5.94. The number of nitrogens with zero attached hydrogens (tertiary/aromatic N) is 1. The van der Waals surface area contributed by atoms with E-state index in [0.29, 0.717) is 35.2 Å². The lowest BCUT2D eigenvalue weighted by Crippen LogP contribution is -2.51. The molecule has 0 amide bonds. The van der Waals surface area contributed by atoms with Crippen molar-refractivity contribution >= 4 is 11.8 Å². The van der Waals surface area contributed by atoms with Crippen LogP contribution in [0.5, 0.6) is 5.75 Å². The highest BCUT2D eigenvalue weighted by atomic mass is 32.2. The molecule has 0 saturated heterocycles. The van der Waals surface area contributed by atoms with E-state index in [2.05, 4.69) is 17.9 Å². The zero-order valence-corrected chi connectivity index (χ0v) is 27.9. The molecule has 6 atom stereocenters. The molecule has 3 saturated carbocycles. The van der Waals surface area contributed by atoms with Crippen molar-refractivity contribution in [2.45, 2.75) is 120 Å². The predicted molar refractivity (Wildman–Crippen MR) is 168 cm³/mol. The summed E-state index contributed by atoms with van der Waals surface area (Å²) in [6.45, 7) is 4.19. The number of rotatable bonds is 15. The van der Waals surface area contributed by atoms with Gasteiger partial charge in [-0.2, -0.15) is 42.5 Å². The second-order valence-electron chi connectivity index (χ2n) is 15.0. The van der Waals surface area contributed by atoms with Gasteiger partial charge in [0, 0.05) is 11.8 Å². The molecule has 0 bridgehead atoms. The molecule has 4 aliphatic rings. The van der Waals surface area contributed by atoms with Crippen molar-refractivity contribution in [1.29, 1.82) is 0 Å². The summed E-state index contributed by atoms with van der Waals surface area (Å²) in [4.78, 5) is 2.22. The fraction of sp³-hybridized carbons (Fsp3) is 0.829. The molecule has 0 aromatic heterocycles. The summed E-state index contributed by atoms with van der Waals surface area (Å²) >= 11 is 1.30. The van der Waals surface area contributed by atoms with Gasteiger partial charge >= 0.3 is 18.0 Å². The lowest BCUT2D eigenvalue weighted by atomic mass is 9.50. The van der Waals surface area contributed by atoms with E-state index in [9.17, 15) is 40.9 Å². The van der Waals surface area contributed by atoms with Crippen molar-refractivity contribution in [3.8, 4) is 5.75 Å². The summed E-state index contributed by atoms with van der Waals surface area (Å²) in [6.07, 6.45) is 3.40. The Labute approximate surface area is 273 Å². The van der Waals surface area contributed by atoms with Crippen LogP contribution < -0.4 is 0 Å². The predicted octanol–water partition coefficient (Wildman–Crippen LogP) is 9.45. The Kier molecular flexibility index (Phi) is 10.7. The van der Waals surface area contributed by atoms with Crippen molar-refractivity contribution in [3.63, 3.8) is 0 Å². The third-order valence-corrected chi connectivity index (χ3v) is 13.5. The van der Waals surface area contributed by atoms with Gasteiger partial charge in [-0.15, -0.1) is 0 Å². The van der Waals surface area contributed by atoms with Gasteiger partial charge in [-0.25, -0.2) is 0 Å². The molecule has 5 rings (SSSR count). The number of fused-ring (bicyclic) bond motifs is 6. The van der Waals surface area contributed by atoms with E-state index in [1.165, 1.54) is 29.3 Å². The van der Waals surface area contributed by atoms with Gasteiger partial charge in [0.05, 0.1) is 6.10 Å². The van der Waals surface area contributed by atoms with Gasteiger partial charge in [-0.3, -0.25) is 0 Å². The van der Waals surface area contributed by atoms with Crippen molar-refractivity contribution < 1.29 is 40.9 Å². The highest BCUT2D eigenvalue weighted by molar-refractivity contribution is 7.99. The summed E-state index contributed by atoms with van der Waals surface area (Å²) in [5.74, 6) is -7.91. The highest BCUT2D eigenvalue weighted by Gasteiger charge is 2.72. The summed E-state index contributed by atoms with van der Waals surface area (Å²) in [5.41, 5.74) is 3.05. The van der Waals surface area contributed by atoms with E-state index in [0.717, 1.165) is 77.3 Å². The standard InChI is InChI=1S/C35H50F7NO2S/c1-31-13-11-27-26-10-9-25(44)21-24(26)20-23(30(27)28(31)22-29(45)32(31)14-15-32)8-4-3-5-16-43(2)17-7-19-46-18-6-12-33(36,37)34(38,39)35(40,41)42/h9-10,21,23,27-30,44-45H,3-8,11-20,22H2,1-2H3/t23?,27?,28?,29-,30?,31+/m1/s1. The molecule has 262 valence electrons. The Morgan fingerprint density at radius 1 is 0.935 bits per heavy atom. The van der Waals surface area contributed by atoms with Crippen LogP contribution in [-0.4, -0.2) is 70.9 Å². The third-order valence-electron chi connectivity index (χ3n) is 12.4. The van der Waals surface area contributed by atoms with Crippen molar-refractivity contribution in [3.05, 3.63) is 29.3 Å². The van der Waals surface area contributed by atoms with Crippen molar-refractivity contribution in [1.82, 2.24) is 4.90 Å². The molecule has 46 heavy (non-hydrogen) atoms. The van der Waals surface area contributed by atoms with Crippen LogP contribution in [0.3, 0.4) is 0 Å². The first-order valence-electron chi connectivity index (χ1n) is 17.1. The van der Waals surface area contributed by atoms with Gasteiger partial charge in [-0.1, -0.05) is 25.8 Å². The largest absolute Gasteiger partial charge is 0.508 e. The normalized spacial score (nSPS) is 30.4. The SMILES string of the molecule is CN(CCCCCC1Cc2cc(O)ccc2C2CC[C@@]3(C)C(C[C@@H](O)C34CC4)C12)CCCSCCCC(F)(F)C(F)(F)C(F)(F)F. The minimum absolute atomic E-state index is 0.111. The Hall–Kier alpha value is -1.20. The molecule has 0 heterocycles. The molecular weight excluding hydrogens is 631 g/mol. The van der Waals surface area contributed by atoms with Gasteiger partial charge in [0.2, 0.25) is 0 Å². The number of benzene rings is 1. The smallest absolute Gasteiger partial charge is 0.459 e. The molecule has 11 heteroatoms. The number of unbranched alkanes of at least 4 members (excludes halogenated alkanes) is 2. The molecule has 0 aliphatic heterocycles. The number of hydrogen-bond acceptors (Lipinski definition) is 4. The maximum absolute atomic E-state index is 13.4. The number of alkyl halides is 7. The number of aliphatic hydroxyl groups excluding tert-OH is 1. The van der Waals surface area contributed by atoms with Gasteiger partial charge < -0.3 is 15.1 Å². The number of phenols is 1. The van der Waals surface area contributed by atoms with E-state index < -0.39 is 30.9 Å². The van der Waals surface area contributed by atoms with Crippen LogP contribution in [0.15, 0.2) is 18.2 Å². The van der Waals surface area contributed by atoms with E-state index in [-0.39, 0.29) is 22.7 Å². The fourth-order valence-corrected chi connectivity index (χ4v) is 10.6. The van der Waals surface area contributed by atoms with Crippen LogP contribution >= 0.6 is 11.8 Å². The third kappa shape index (κ3) is 6.81. The maximum Gasteiger partial charge on any atom is 0.459 e. The van der Waals surface area contributed by atoms with Crippen LogP contribution in [0.1, 0.15) is 101 Å². The van der Waals surface area contributed by atoms with Gasteiger partial charge in [0.1, 0.15) is 5.75 Å². The van der Waals surface area contributed by atoms with E-state index in [1.807, 2.05) is 19.2 Å². The van der Waals surface area contributed by atoms with E-state index in [4.69, 9.17) is 0 Å². The minimum Gasteiger partial charge on any atom is -0.508 e. The summed E-state index contributed by atoms with van der Waals surface area (Å²) < 4.78 is 89.6.